The van der Waals surface area contributed by atoms with Gasteiger partial charge in [-0.05, 0) is 48.2 Å². The maximum absolute atomic E-state index is 12.8. The van der Waals surface area contributed by atoms with Crippen LogP contribution in [0.3, 0.4) is 0 Å². The molecule has 1 aliphatic heterocycles. The molecular weight excluding hydrogens is 267 g/mol. The summed E-state index contributed by atoms with van der Waals surface area (Å²) in [5, 5.41) is 3.59. The number of halogens is 1. The zero-order valence-electron chi connectivity index (χ0n) is 9.80. The third kappa shape index (κ3) is 2.45. The molecule has 3 rings (SSSR count). The number of rotatable bonds is 3. The van der Waals surface area contributed by atoms with E-state index in [0.717, 1.165) is 0 Å². The Morgan fingerprint density at radius 1 is 1.26 bits per heavy atom. The molecule has 98 valence electrons. The van der Waals surface area contributed by atoms with E-state index in [0.29, 0.717) is 16.6 Å². The van der Waals surface area contributed by atoms with Gasteiger partial charge in [0.15, 0.2) is 10.9 Å². The summed E-state index contributed by atoms with van der Waals surface area (Å²) in [6.07, 6.45) is 3.22. The number of nitrogens with two attached hydrogens (primary N) is 1. The molecule has 0 saturated carbocycles. The smallest absolute Gasteiger partial charge is 0.201 e. The number of nitrogens with one attached hydrogen (secondary N) is 1. The summed E-state index contributed by atoms with van der Waals surface area (Å²) >= 11 is 1.29. The first-order valence-electron chi connectivity index (χ1n) is 5.59. The van der Waals surface area contributed by atoms with E-state index in [1.165, 1.54) is 23.9 Å². The van der Waals surface area contributed by atoms with Gasteiger partial charge in [0.1, 0.15) is 11.6 Å². The summed E-state index contributed by atoms with van der Waals surface area (Å²) in [6.45, 7) is 0. The fourth-order valence-electron chi connectivity index (χ4n) is 1.66. The molecule has 0 spiro atoms. The second kappa shape index (κ2) is 4.64. The number of furan rings is 1. The van der Waals surface area contributed by atoms with Crippen molar-refractivity contribution in [1.82, 2.24) is 5.32 Å². The molecule has 0 saturated heterocycles. The standard InChI is InChI=1S/C13H11FN2O2S/c14-9-3-5-10(6-4-9)18-12-8-16-13(15,19-12)11-2-1-7-17-11/h1-8,16H,15H2. The molecule has 0 bridgehead atoms. The van der Waals surface area contributed by atoms with Crippen LogP contribution in [0.2, 0.25) is 0 Å². The lowest BCUT2D eigenvalue weighted by atomic mass is 10.3. The number of thioether (sulfide) groups is 1. The van der Waals surface area contributed by atoms with Gasteiger partial charge in [0.2, 0.25) is 4.99 Å². The van der Waals surface area contributed by atoms with Crippen LogP contribution in [-0.4, -0.2) is 0 Å². The minimum atomic E-state index is -0.876. The minimum absolute atomic E-state index is 0.303. The van der Waals surface area contributed by atoms with Crippen molar-refractivity contribution in [2.24, 2.45) is 5.73 Å². The Kier molecular flexibility index (Phi) is 2.96. The summed E-state index contributed by atoms with van der Waals surface area (Å²) in [5.41, 5.74) is 6.16. The molecule has 4 nitrogen and oxygen atoms in total. The van der Waals surface area contributed by atoms with Crippen molar-refractivity contribution in [3.8, 4) is 5.75 Å². The lowest BCUT2D eigenvalue weighted by molar-refractivity contribution is 0.422. The first kappa shape index (κ1) is 12.1. The summed E-state index contributed by atoms with van der Waals surface area (Å²) in [4.78, 5) is -0.876. The Hall–Kier alpha value is -1.92. The van der Waals surface area contributed by atoms with Gasteiger partial charge in [-0.2, -0.15) is 0 Å². The Morgan fingerprint density at radius 3 is 2.74 bits per heavy atom. The Morgan fingerprint density at radius 2 is 2.05 bits per heavy atom. The first-order valence-corrected chi connectivity index (χ1v) is 6.40. The Balaban J connectivity index is 1.70. The van der Waals surface area contributed by atoms with Crippen LogP contribution in [0.4, 0.5) is 4.39 Å². The molecule has 3 N–H and O–H groups in total. The minimum Gasteiger partial charge on any atom is -0.464 e. The largest absolute Gasteiger partial charge is 0.464 e. The second-order valence-electron chi connectivity index (χ2n) is 3.98. The maximum Gasteiger partial charge on any atom is 0.201 e. The molecule has 0 fully saturated rings. The molecule has 19 heavy (non-hydrogen) atoms. The van der Waals surface area contributed by atoms with E-state index in [4.69, 9.17) is 14.9 Å². The fraction of sp³-hybridized carbons (Fsp3) is 0.0769. The van der Waals surface area contributed by atoms with Gasteiger partial charge in [0, 0.05) is 6.20 Å². The molecule has 2 heterocycles. The predicted molar refractivity (Wildman–Crippen MR) is 70.4 cm³/mol. The van der Waals surface area contributed by atoms with Gasteiger partial charge in [-0.15, -0.1) is 0 Å². The second-order valence-corrected chi connectivity index (χ2v) is 5.23. The van der Waals surface area contributed by atoms with Crippen molar-refractivity contribution < 1.29 is 13.5 Å². The van der Waals surface area contributed by atoms with E-state index in [2.05, 4.69) is 5.32 Å². The molecule has 1 aromatic carbocycles. The lowest BCUT2D eigenvalue weighted by Crippen LogP contribution is -2.41. The van der Waals surface area contributed by atoms with Crippen LogP contribution in [0.1, 0.15) is 5.76 Å². The van der Waals surface area contributed by atoms with E-state index in [1.807, 2.05) is 0 Å². The van der Waals surface area contributed by atoms with Crippen LogP contribution in [0.15, 0.2) is 58.4 Å². The first-order chi connectivity index (χ1) is 9.16. The van der Waals surface area contributed by atoms with Gasteiger partial charge in [0.05, 0.1) is 6.26 Å². The topological polar surface area (TPSA) is 60.4 Å². The highest BCUT2D eigenvalue weighted by molar-refractivity contribution is 8.03. The van der Waals surface area contributed by atoms with Gasteiger partial charge in [0.25, 0.3) is 0 Å². The van der Waals surface area contributed by atoms with Gasteiger partial charge < -0.3 is 14.5 Å². The predicted octanol–water partition coefficient (Wildman–Crippen LogP) is 2.70. The third-order valence-electron chi connectivity index (χ3n) is 2.59. The van der Waals surface area contributed by atoms with E-state index < -0.39 is 4.99 Å². The average Bonchev–Trinajstić information content (AvgIpc) is 3.03. The summed E-state index contributed by atoms with van der Waals surface area (Å²) < 4.78 is 23.7. The summed E-state index contributed by atoms with van der Waals surface area (Å²) in [5.74, 6) is 0.847. The summed E-state index contributed by atoms with van der Waals surface area (Å²) in [6, 6.07) is 9.34. The van der Waals surface area contributed by atoms with Crippen molar-refractivity contribution in [3.63, 3.8) is 0 Å². The Bertz CT molecular complexity index is 598. The van der Waals surface area contributed by atoms with Gasteiger partial charge in [-0.3, -0.25) is 5.73 Å². The van der Waals surface area contributed by atoms with Crippen molar-refractivity contribution in [3.05, 3.63) is 65.5 Å². The molecule has 1 aliphatic rings. The fourth-order valence-corrected chi connectivity index (χ4v) is 2.57. The van der Waals surface area contributed by atoms with Crippen molar-refractivity contribution in [1.29, 1.82) is 0 Å². The maximum atomic E-state index is 12.8. The van der Waals surface area contributed by atoms with Crippen LogP contribution in [0, 0.1) is 5.82 Å². The number of ether oxygens (including phenoxy) is 1. The highest BCUT2D eigenvalue weighted by atomic mass is 32.2. The third-order valence-corrected chi connectivity index (χ3v) is 3.63. The quantitative estimate of drug-likeness (QED) is 0.904. The normalized spacial score (nSPS) is 21.9. The van der Waals surface area contributed by atoms with E-state index in [-0.39, 0.29) is 5.82 Å². The molecular formula is C13H11FN2O2S. The zero-order chi connectivity index (χ0) is 13.3. The lowest BCUT2D eigenvalue weighted by Gasteiger charge is -2.20. The monoisotopic (exact) mass is 278 g/mol. The number of hydrogen-bond acceptors (Lipinski definition) is 5. The molecule has 0 radical (unpaired) electrons. The number of benzene rings is 1. The highest BCUT2D eigenvalue weighted by Gasteiger charge is 2.37. The molecule has 0 aliphatic carbocycles. The molecule has 1 unspecified atom stereocenters. The molecule has 6 heteroatoms. The SMILES string of the molecule is NC1(c2ccco2)NC=C(Oc2ccc(F)cc2)S1. The van der Waals surface area contributed by atoms with Crippen LogP contribution in [0.25, 0.3) is 0 Å². The van der Waals surface area contributed by atoms with E-state index >= 15 is 0 Å². The molecule has 1 aromatic heterocycles. The van der Waals surface area contributed by atoms with Crippen LogP contribution in [0.5, 0.6) is 5.75 Å². The van der Waals surface area contributed by atoms with Crippen LogP contribution >= 0.6 is 11.8 Å². The van der Waals surface area contributed by atoms with E-state index in [9.17, 15) is 4.39 Å². The number of hydrogen-bond donors (Lipinski definition) is 2. The van der Waals surface area contributed by atoms with Crippen LogP contribution in [-0.2, 0) is 4.99 Å². The Labute approximate surface area is 113 Å². The van der Waals surface area contributed by atoms with Crippen LogP contribution < -0.4 is 15.8 Å². The average molecular weight is 278 g/mol. The molecule has 1 atom stereocenters. The van der Waals surface area contributed by atoms with Crippen molar-refractivity contribution in [2.75, 3.05) is 0 Å². The zero-order valence-corrected chi connectivity index (χ0v) is 10.6. The van der Waals surface area contributed by atoms with Gasteiger partial charge in [-0.1, -0.05) is 0 Å². The molecule has 2 aromatic rings. The summed E-state index contributed by atoms with van der Waals surface area (Å²) in [7, 11) is 0. The highest BCUT2D eigenvalue weighted by Crippen LogP contribution is 2.39. The molecule has 0 amide bonds. The van der Waals surface area contributed by atoms with Crippen molar-refractivity contribution in [2.45, 2.75) is 4.99 Å². The van der Waals surface area contributed by atoms with Gasteiger partial charge >= 0.3 is 0 Å². The van der Waals surface area contributed by atoms with Crippen molar-refractivity contribution >= 4 is 11.8 Å². The van der Waals surface area contributed by atoms with E-state index in [1.54, 1.807) is 36.7 Å². The van der Waals surface area contributed by atoms with Gasteiger partial charge in [-0.25, -0.2) is 4.39 Å².